The first-order valence-corrected chi connectivity index (χ1v) is 15.4. The van der Waals surface area contributed by atoms with Gasteiger partial charge in [0.25, 0.3) is 0 Å². The number of methoxy groups -OCH3 is 1. The third kappa shape index (κ3) is 27.7. The summed E-state index contributed by atoms with van der Waals surface area (Å²) in [6.45, 7) is 7.09. The van der Waals surface area contributed by atoms with E-state index >= 15 is 0 Å². The number of nitrogens with zero attached hydrogens (tertiary/aromatic N) is 1. The first-order chi connectivity index (χ1) is 18.1. The van der Waals surface area contributed by atoms with Crippen LogP contribution in [-0.2, 0) is 19.1 Å². The molecule has 0 fully saturated rings. The number of ether oxygens (including phenoxy) is 2. The topological polar surface area (TPSA) is 88.1 Å². The van der Waals surface area contributed by atoms with Crippen LogP contribution in [0.4, 0.5) is 0 Å². The Balaban J connectivity index is 3.84. The Labute approximate surface area is 228 Å². The van der Waals surface area contributed by atoms with Crippen molar-refractivity contribution in [1.29, 1.82) is 0 Å². The van der Waals surface area contributed by atoms with E-state index in [0.29, 0.717) is 26.2 Å². The molecule has 0 atom stereocenters. The summed E-state index contributed by atoms with van der Waals surface area (Å²) in [5.74, 6) is -0.0895. The predicted molar refractivity (Wildman–Crippen MR) is 153 cm³/mol. The average molecular weight is 529 g/mol. The lowest BCUT2D eigenvalue weighted by Crippen LogP contribution is -2.32. The van der Waals surface area contributed by atoms with Gasteiger partial charge in [-0.15, -0.1) is 0 Å². The highest BCUT2D eigenvalue weighted by Gasteiger charge is 2.07. The summed E-state index contributed by atoms with van der Waals surface area (Å²) in [4.78, 5) is 26.0. The number of amides is 1. The largest absolute Gasteiger partial charge is 0.466 e. The Hall–Kier alpha value is -1.18. The summed E-state index contributed by atoms with van der Waals surface area (Å²) in [5, 5.41) is 11.8. The standard InChI is InChI=1S/C30H60N2O5/c1-3-4-5-6-7-14-19-27-37-30(35)21-15-10-8-11-16-23-32(24-17-12-9-13-18-26-33)25-20-22-31-29(34)28-36-2/h33H,3-28H2,1-2H3,(H,31,34). The number of carbonyl (C=O) groups is 2. The Kier molecular flexibility index (Phi) is 28.4. The lowest BCUT2D eigenvalue weighted by Gasteiger charge is -2.22. The van der Waals surface area contributed by atoms with Gasteiger partial charge in [0.15, 0.2) is 0 Å². The van der Waals surface area contributed by atoms with Crippen molar-refractivity contribution < 1.29 is 24.2 Å². The molecule has 0 spiro atoms. The van der Waals surface area contributed by atoms with Crippen molar-refractivity contribution in [3.8, 4) is 0 Å². The molecule has 0 bridgehead atoms. The average Bonchev–Trinajstić information content (AvgIpc) is 2.89. The van der Waals surface area contributed by atoms with Crippen molar-refractivity contribution in [3.63, 3.8) is 0 Å². The molecule has 0 aliphatic carbocycles. The van der Waals surface area contributed by atoms with Gasteiger partial charge >= 0.3 is 5.97 Å². The van der Waals surface area contributed by atoms with Gasteiger partial charge in [-0.3, -0.25) is 9.59 Å². The fraction of sp³-hybridized carbons (Fsp3) is 0.933. The molecule has 0 heterocycles. The van der Waals surface area contributed by atoms with E-state index in [2.05, 4.69) is 17.1 Å². The fourth-order valence-electron chi connectivity index (χ4n) is 4.48. The van der Waals surface area contributed by atoms with Gasteiger partial charge in [-0.25, -0.2) is 0 Å². The van der Waals surface area contributed by atoms with Crippen LogP contribution in [0.1, 0.15) is 129 Å². The molecule has 0 saturated carbocycles. The van der Waals surface area contributed by atoms with Crippen molar-refractivity contribution in [2.45, 2.75) is 129 Å². The summed E-state index contributed by atoms with van der Waals surface area (Å²) in [7, 11) is 1.53. The Morgan fingerprint density at radius 2 is 1.24 bits per heavy atom. The highest BCUT2D eigenvalue weighted by atomic mass is 16.5. The number of rotatable bonds is 29. The van der Waals surface area contributed by atoms with E-state index in [-0.39, 0.29) is 18.5 Å². The minimum Gasteiger partial charge on any atom is -0.466 e. The van der Waals surface area contributed by atoms with Crippen LogP contribution in [0.2, 0.25) is 0 Å². The van der Waals surface area contributed by atoms with Gasteiger partial charge < -0.3 is 24.8 Å². The minimum absolute atomic E-state index is 0.0336. The van der Waals surface area contributed by atoms with Crippen LogP contribution >= 0.6 is 0 Å². The molecule has 0 aliphatic rings. The summed E-state index contributed by atoms with van der Waals surface area (Å²) in [5.41, 5.74) is 0. The van der Waals surface area contributed by atoms with Gasteiger partial charge in [0.1, 0.15) is 6.61 Å². The molecule has 0 aromatic rings. The summed E-state index contributed by atoms with van der Waals surface area (Å²) in [6, 6.07) is 0. The monoisotopic (exact) mass is 528 g/mol. The van der Waals surface area contributed by atoms with Crippen LogP contribution in [0, 0.1) is 0 Å². The van der Waals surface area contributed by atoms with E-state index in [1.165, 1.54) is 77.7 Å². The number of hydrogen-bond donors (Lipinski definition) is 2. The van der Waals surface area contributed by atoms with Crippen molar-refractivity contribution >= 4 is 11.9 Å². The minimum atomic E-state index is -0.0559. The van der Waals surface area contributed by atoms with Crippen LogP contribution in [0.15, 0.2) is 0 Å². The van der Waals surface area contributed by atoms with Gasteiger partial charge in [0, 0.05) is 26.7 Å². The maximum Gasteiger partial charge on any atom is 0.305 e. The molecule has 220 valence electrons. The number of carbonyl (C=O) groups excluding carboxylic acids is 2. The smallest absolute Gasteiger partial charge is 0.305 e. The fourth-order valence-corrected chi connectivity index (χ4v) is 4.48. The molecule has 37 heavy (non-hydrogen) atoms. The van der Waals surface area contributed by atoms with E-state index in [4.69, 9.17) is 14.6 Å². The highest BCUT2D eigenvalue weighted by molar-refractivity contribution is 5.77. The molecule has 0 saturated heterocycles. The first kappa shape index (κ1) is 35.8. The SMILES string of the molecule is CCCCCCCCCOC(=O)CCCCCCCN(CCCCCCCO)CCCNC(=O)COC. The van der Waals surface area contributed by atoms with Crippen molar-refractivity contribution in [2.24, 2.45) is 0 Å². The Morgan fingerprint density at radius 3 is 1.86 bits per heavy atom. The Bertz CT molecular complexity index is 504. The number of hydrogen-bond acceptors (Lipinski definition) is 6. The molecule has 0 aromatic heterocycles. The molecule has 0 unspecified atom stereocenters. The van der Waals surface area contributed by atoms with Gasteiger partial charge in [0.05, 0.1) is 6.61 Å². The normalized spacial score (nSPS) is 11.2. The summed E-state index contributed by atoms with van der Waals surface area (Å²) >= 11 is 0. The molecule has 0 radical (unpaired) electrons. The van der Waals surface area contributed by atoms with E-state index in [1.54, 1.807) is 0 Å². The predicted octanol–water partition coefficient (Wildman–Crippen LogP) is 6.02. The quantitative estimate of drug-likeness (QED) is 0.0912. The first-order valence-electron chi connectivity index (χ1n) is 15.4. The van der Waals surface area contributed by atoms with Crippen LogP contribution in [0.25, 0.3) is 0 Å². The second-order valence-corrected chi connectivity index (χ2v) is 10.3. The van der Waals surface area contributed by atoms with Crippen LogP contribution in [-0.4, -0.2) is 75.0 Å². The third-order valence-electron chi connectivity index (χ3n) is 6.75. The van der Waals surface area contributed by atoms with Gasteiger partial charge in [-0.2, -0.15) is 0 Å². The molecule has 7 heteroatoms. The number of aliphatic hydroxyl groups is 1. The van der Waals surface area contributed by atoms with E-state index in [0.717, 1.165) is 64.6 Å². The number of esters is 1. The number of unbranched alkanes of at least 4 members (excludes halogenated alkanes) is 14. The zero-order valence-electron chi connectivity index (χ0n) is 24.4. The van der Waals surface area contributed by atoms with E-state index < -0.39 is 0 Å². The lowest BCUT2D eigenvalue weighted by atomic mass is 10.1. The molecule has 0 aliphatic heterocycles. The van der Waals surface area contributed by atoms with Crippen molar-refractivity contribution in [3.05, 3.63) is 0 Å². The molecule has 1 amide bonds. The molecular weight excluding hydrogens is 468 g/mol. The molecule has 2 N–H and O–H groups in total. The maximum atomic E-state index is 11.9. The molecular formula is C30H60N2O5. The highest BCUT2D eigenvalue weighted by Crippen LogP contribution is 2.10. The van der Waals surface area contributed by atoms with Crippen molar-refractivity contribution in [1.82, 2.24) is 10.2 Å². The molecule has 0 aromatic carbocycles. The second-order valence-electron chi connectivity index (χ2n) is 10.3. The zero-order valence-corrected chi connectivity index (χ0v) is 24.4. The maximum absolute atomic E-state index is 11.9. The zero-order chi connectivity index (χ0) is 27.2. The summed E-state index contributed by atoms with van der Waals surface area (Å²) < 4.78 is 10.2. The number of nitrogens with one attached hydrogen (secondary N) is 1. The van der Waals surface area contributed by atoms with Crippen molar-refractivity contribution in [2.75, 3.05) is 53.1 Å². The van der Waals surface area contributed by atoms with Gasteiger partial charge in [-0.05, 0) is 58.2 Å². The molecule has 7 nitrogen and oxygen atoms in total. The Morgan fingerprint density at radius 1 is 0.703 bits per heavy atom. The van der Waals surface area contributed by atoms with E-state index in [1.807, 2.05) is 0 Å². The van der Waals surface area contributed by atoms with E-state index in [9.17, 15) is 9.59 Å². The van der Waals surface area contributed by atoms with Crippen LogP contribution in [0.5, 0.6) is 0 Å². The third-order valence-corrected chi connectivity index (χ3v) is 6.75. The van der Waals surface area contributed by atoms with Gasteiger partial charge in [0.2, 0.25) is 5.91 Å². The summed E-state index contributed by atoms with van der Waals surface area (Å²) in [6.07, 6.45) is 21.3. The van der Waals surface area contributed by atoms with Gasteiger partial charge in [-0.1, -0.05) is 84.0 Å². The van der Waals surface area contributed by atoms with Crippen LogP contribution in [0.3, 0.4) is 0 Å². The van der Waals surface area contributed by atoms with Crippen LogP contribution < -0.4 is 5.32 Å². The molecule has 0 rings (SSSR count). The lowest BCUT2D eigenvalue weighted by molar-refractivity contribution is -0.143. The number of aliphatic hydroxyl groups excluding tert-OH is 1. The second kappa shape index (κ2) is 29.4.